The molecular formula is C52H95NO8P+. The van der Waals surface area contributed by atoms with E-state index in [0.29, 0.717) is 17.4 Å². The van der Waals surface area contributed by atoms with Gasteiger partial charge in [0, 0.05) is 12.8 Å². The van der Waals surface area contributed by atoms with E-state index in [1.165, 1.54) is 96.3 Å². The number of unbranched alkanes of at least 4 members (excludes halogenated alkanes) is 21. The molecule has 2 unspecified atom stereocenters. The molecule has 0 amide bonds. The predicted molar refractivity (Wildman–Crippen MR) is 261 cm³/mol. The number of allylic oxidation sites excluding steroid dienone is 10. The molecule has 9 nitrogen and oxygen atoms in total. The van der Waals surface area contributed by atoms with E-state index >= 15 is 0 Å². The second-order valence-electron chi connectivity index (χ2n) is 17.8. The van der Waals surface area contributed by atoms with Gasteiger partial charge in [-0.3, -0.25) is 18.6 Å². The lowest BCUT2D eigenvalue weighted by Gasteiger charge is -2.24. The van der Waals surface area contributed by atoms with Crippen molar-refractivity contribution in [1.82, 2.24) is 0 Å². The Morgan fingerprint density at radius 3 is 1.37 bits per heavy atom. The summed E-state index contributed by atoms with van der Waals surface area (Å²) in [6.45, 7) is 4.28. The van der Waals surface area contributed by atoms with Gasteiger partial charge in [-0.2, -0.15) is 0 Å². The number of hydrogen-bond acceptors (Lipinski definition) is 7. The summed E-state index contributed by atoms with van der Waals surface area (Å²) in [5.74, 6) is -0.820. The van der Waals surface area contributed by atoms with Crippen molar-refractivity contribution < 1.29 is 42.1 Å². The van der Waals surface area contributed by atoms with Crippen LogP contribution in [-0.2, 0) is 32.7 Å². The number of quaternary nitrogens is 1. The second-order valence-corrected chi connectivity index (χ2v) is 19.3. The fourth-order valence-corrected chi connectivity index (χ4v) is 7.39. The Bertz CT molecular complexity index is 1240. The van der Waals surface area contributed by atoms with Crippen molar-refractivity contribution in [3.63, 3.8) is 0 Å². The van der Waals surface area contributed by atoms with Crippen LogP contribution in [0.2, 0.25) is 0 Å². The highest BCUT2D eigenvalue weighted by molar-refractivity contribution is 7.47. The molecule has 1 N–H and O–H groups in total. The maximum absolute atomic E-state index is 12.7. The summed E-state index contributed by atoms with van der Waals surface area (Å²) in [7, 11) is 1.46. The average molecular weight is 893 g/mol. The molecule has 0 bridgehead atoms. The first kappa shape index (κ1) is 59.7. The molecule has 0 saturated heterocycles. The third kappa shape index (κ3) is 47.2. The van der Waals surface area contributed by atoms with Crippen LogP contribution in [-0.4, -0.2) is 74.9 Å². The van der Waals surface area contributed by atoms with Crippen molar-refractivity contribution in [2.45, 2.75) is 213 Å². The molecule has 360 valence electrons. The number of nitrogens with zero attached hydrogens (tertiary/aromatic N) is 1. The lowest BCUT2D eigenvalue weighted by molar-refractivity contribution is -0.870. The van der Waals surface area contributed by atoms with Crippen molar-refractivity contribution in [2.24, 2.45) is 0 Å². The molecule has 0 fully saturated rings. The van der Waals surface area contributed by atoms with E-state index in [-0.39, 0.29) is 32.0 Å². The van der Waals surface area contributed by atoms with Gasteiger partial charge in [-0.05, 0) is 77.0 Å². The van der Waals surface area contributed by atoms with Crippen LogP contribution in [0.5, 0.6) is 0 Å². The number of carbonyl (C=O) groups is 2. The molecular weight excluding hydrogens is 798 g/mol. The van der Waals surface area contributed by atoms with Crippen molar-refractivity contribution in [2.75, 3.05) is 47.5 Å². The van der Waals surface area contributed by atoms with Gasteiger partial charge < -0.3 is 18.9 Å². The first-order chi connectivity index (χ1) is 30.0. The highest BCUT2D eigenvalue weighted by Gasteiger charge is 2.27. The first-order valence-electron chi connectivity index (χ1n) is 25.0. The van der Waals surface area contributed by atoms with Crippen molar-refractivity contribution in [3.05, 3.63) is 60.8 Å². The summed E-state index contributed by atoms with van der Waals surface area (Å²) in [5, 5.41) is 0. The second kappa shape index (κ2) is 43.9. The van der Waals surface area contributed by atoms with Gasteiger partial charge in [-0.15, -0.1) is 0 Å². The molecule has 0 aromatic rings. The van der Waals surface area contributed by atoms with Crippen LogP contribution >= 0.6 is 7.82 Å². The van der Waals surface area contributed by atoms with Gasteiger partial charge in [0.1, 0.15) is 19.8 Å². The number of rotatable bonds is 45. The van der Waals surface area contributed by atoms with Crippen LogP contribution in [0.25, 0.3) is 0 Å². The van der Waals surface area contributed by atoms with Gasteiger partial charge >= 0.3 is 19.8 Å². The third-order valence-electron chi connectivity index (χ3n) is 10.5. The van der Waals surface area contributed by atoms with Crippen LogP contribution in [0.3, 0.4) is 0 Å². The Morgan fingerprint density at radius 2 is 0.919 bits per heavy atom. The smallest absolute Gasteiger partial charge is 0.462 e. The number of esters is 2. The minimum Gasteiger partial charge on any atom is -0.462 e. The van der Waals surface area contributed by atoms with Crippen LogP contribution < -0.4 is 0 Å². The Balaban J connectivity index is 4.25. The highest BCUT2D eigenvalue weighted by Crippen LogP contribution is 2.43. The first-order valence-corrected chi connectivity index (χ1v) is 26.5. The molecule has 0 rings (SSSR count). The summed E-state index contributed by atoms with van der Waals surface area (Å²) < 4.78 is 34.4. The quantitative estimate of drug-likeness (QED) is 0.0212. The third-order valence-corrected chi connectivity index (χ3v) is 11.5. The molecule has 0 aromatic carbocycles. The Hall–Kier alpha value is -2.29. The van der Waals surface area contributed by atoms with E-state index in [4.69, 9.17) is 18.5 Å². The SMILES string of the molecule is CC/C=C\C/C=C\C/C=C\CCCCCCCC(=O)OC(COC(=O)CCCCCCCCCCCCC/C=C\C/C=C\CCCCCCC)COP(=O)(O)OCC[N+](C)(C)C. The summed E-state index contributed by atoms with van der Waals surface area (Å²) in [5.41, 5.74) is 0. The normalized spacial score (nSPS) is 14.0. The summed E-state index contributed by atoms with van der Waals surface area (Å²) in [6.07, 6.45) is 54.2. The number of carbonyl (C=O) groups excluding carboxylic acids is 2. The fraction of sp³-hybridized carbons (Fsp3) is 0.769. The van der Waals surface area contributed by atoms with Gasteiger partial charge in [0.05, 0.1) is 27.7 Å². The molecule has 2 atom stereocenters. The Labute approximate surface area is 381 Å². The zero-order chi connectivity index (χ0) is 45.7. The molecule has 0 saturated carbocycles. The molecule has 62 heavy (non-hydrogen) atoms. The molecule has 0 aromatic heterocycles. The number of phosphoric ester groups is 1. The number of likely N-dealkylation sites (N-methyl/N-ethyl adjacent to an activating group) is 1. The van der Waals surface area contributed by atoms with Crippen LogP contribution in [0, 0.1) is 0 Å². The van der Waals surface area contributed by atoms with E-state index in [1.54, 1.807) is 0 Å². The summed E-state index contributed by atoms with van der Waals surface area (Å²) in [4.78, 5) is 35.5. The van der Waals surface area contributed by atoms with Gasteiger partial charge in [0.15, 0.2) is 6.10 Å². The van der Waals surface area contributed by atoms with E-state index in [9.17, 15) is 19.0 Å². The highest BCUT2D eigenvalue weighted by atomic mass is 31.2. The summed E-state index contributed by atoms with van der Waals surface area (Å²) in [6, 6.07) is 0. The molecule has 0 radical (unpaired) electrons. The molecule has 0 heterocycles. The lowest BCUT2D eigenvalue weighted by Crippen LogP contribution is -2.37. The standard InChI is InChI=1S/C52H94NO8P/c1-6-8-10-12-14-16-18-20-22-23-24-25-26-27-28-29-31-32-34-36-38-40-42-44-51(54)58-48-50(49-60-62(56,57)59-47-46-53(3,4)5)61-52(55)45-43-41-39-37-35-33-30-21-19-17-15-13-11-9-7-2/h9,11,15,17-18,20-21,23-24,30,50H,6-8,10,12-14,16,19,22,25-29,31-49H2,1-5H3/p+1/b11-9-,17-15-,20-18-,24-23-,30-21-. The topological polar surface area (TPSA) is 108 Å². The maximum atomic E-state index is 12.7. The van der Waals surface area contributed by atoms with Gasteiger partial charge in [-0.25, -0.2) is 4.57 Å². The number of hydrogen-bond donors (Lipinski definition) is 1. The summed E-state index contributed by atoms with van der Waals surface area (Å²) >= 11 is 0. The van der Waals surface area contributed by atoms with Crippen molar-refractivity contribution in [3.8, 4) is 0 Å². The van der Waals surface area contributed by atoms with E-state index in [1.807, 2.05) is 21.1 Å². The fourth-order valence-electron chi connectivity index (χ4n) is 6.65. The maximum Gasteiger partial charge on any atom is 0.472 e. The molecule has 0 aliphatic carbocycles. The van der Waals surface area contributed by atoms with E-state index < -0.39 is 26.5 Å². The molecule has 0 aliphatic rings. The van der Waals surface area contributed by atoms with Crippen molar-refractivity contribution >= 4 is 19.8 Å². The van der Waals surface area contributed by atoms with Crippen LogP contribution in [0.1, 0.15) is 206 Å². The Kier molecular flexibility index (Phi) is 42.3. The van der Waals surface area contributed by atoms with Crippen LogP contribution in [0.15, 0.2) is 60.8 Å². The predicted octanol–water partition coefficient (Wildman–Crippen LogP) is 14.8. The van der Waals surface area contributed by atoms with Crippen molar-refractivity contribution in [1.29, 1.82) is 0 Å². The Morgan fingerprint density at radius 1 is 0.516 bits per heavy atom. The monoisotopic (exact) mass is 893 g/mol. The minimum atomic E-state index is -4.39. The van der Waals surface area contributed by atoms with E-state index in [2.05, 4.69) is 74.6 Å². The van der Waals surface area contributed by atoms with Gasteiger partial charge in [0.2, 0.25) is 0 Å². The zero-order valence-electron chi connectivity index (χ0n) is 40.6. The van der Waals surface area contributed by atoms with Gasteiger partial charge in [-0.1, -0.05) is 177 Å². The largest absolute Gasteiger partial charge is 0.472 e. The zero-order valence-corrected chi connectivity index (χ0v) is 41.5. The molecule has 0 aliphatic heterocycles. The van der Waals surface area contributed by atoms with Gasteiger partial charge in [0.25, 0.3) is 0 Å². The lowest BCUT2D eigenvalue weighted by atomic mass is 10.0. The number of ether oxygens (including phenoxy) is 2. The average Bonchev–Trinajstić information content (AvgIpc) is 3.23. The molecule has 0 spiro atoms. The molecule has 10 heteroatoms. The van der Waals surface area contributed by atoms with Crippen LogP contribution in [0.4, 0.5) is 0 Å². The van der Waals surface area contributed by atoms with E-state index in [0.717, 1.165) is 77.0 Å². The number of phosphoric acid groups is 1. The minimum absolute atomic E-state index is 0.0256.